The summed E-state index contributed by atoms with van der Waals surface area (Å²) in [5.41, 5.74) is 0. The molecule has 3 heteroatoms. The Kier molecular flexibility index (Phi) is 6.54. The second kappa shape index (κ2) is 7.40. The molecule has 88 valence electrons. The summed E-state index contributed by atoms with van der Waals surface area (Å²) in [6.45, 7) is 0. The topological polar surface area (TPSA) is 29.1 Å². The molecule has 0 spiro atoms. The van der Waals surface area contributed by atoms with Gasteiger partial charge in [-0.3, -0.25) is 4.79 Å². The Bertz CT molecular complexity index is 213. The summed E-state index contributed by atoms with van der Waals surface area (Å²) in [6.07, 6.45) is 12.5. The van der Waals surface area contributed by atoms with Crippen LogP contribution in [-0.4, -0.2) is 11.9 Å². The van der Waals surface area contributed by atoms with Crippen molar-refractivity contribution in [2.75, 3.05) is 0 Å². The van der Waals surface area contributed by atoms with Crippen LogP contribution in [0.25, 0.3) is 0 Å². The fourth-order valence-corrected chi connectivity index (χ4v) is 2.93. The molecule has 0 atom stereocenters. The van der Waals surface area contributed by atoms with Crippen molar-refractivity contribution in [3.63, 3.8) is 0 Å². The van der Waals surface area contributed by atoms with E-state index in [-0.39, 0.29) is 20.3 Å². The van der Waals surface area contributed by atoms with Crippen molar-refractivity contribution in [2.45, 2.75) is 70.3 Å². The van der Waals surface area contributed by atoms with Crippen LogP contribution in [0.1, 0.15) is 65.6 Å². The molecule has 16 heavy (non-hydrogen) atoms. The van der Waals surface area contributed by atoms with Gasteiger partial charge in [-0.05, 0) is 25.7 Å². The van der Waals surface area contributed by atoms with Crippen LogP contribution in [-0.2, 0) is 4.79 Å². The van der Waals surface area contributed by atoms with Gasteiger partial charge in [0, 0.05) is 12.0 Å². The largest absolute Gasteiger partial charge is 1.00 e. The fourth-order valence-electron chi connectivity index (χ4n) is 2.93. The van der Waals surface area contributed by atoms with E-state index < -0.39 is 0 Å². The van der Waals surface area contributed by atoms with Gasteiger partial charge in [0.15, 0.2) is 0 Å². The predicted molar refractivity (Wildman–Crippen MR) is 62.7 cm³/mol. The molecule has 2 fully saturated rings. The van der Waals surface area contributed by atoms with Gasteiger partial charge in [-0.15, -0.1) is 0 Å². The third kappa shape index (κ3) is 4.15. The molecular weight excluding hydrogens is 193 g/mol. The Hall–Kier alpha value is 0.0674. The average Bonchev–Trinajstić information content (AvgIpc) is 2.31. The maximum absolute atomic E-state index is 12.0. The maximum atomic E-state index is 12.0. The number of hydrogen-bond acceptors (Lipinski definition) is 1. The third-order valence-corrected chi connectivity index (χ3v) is 3.93. The summed E-state index contributed by atoms with van der Waals surface area (Å²) in [4.78, 5) is 12.0. The van der Waals surface area contributed by atoms with Gasteiger partial charge in [-0.1, -0.05) is 38.5 Å². The first-order chi connectivity index (χ1) is 7.36. The molecule has 2 rings (SSSR count). The van der Waals surface area contributed by atoms with E-state index in [2.05, 4.69) is 5.32 Å². The quantitative estimate of drug-likeness (QED) is 0.655. The minimum atomic E-state index is 0. The van der Waals surface area contributed by atoms with E-state index in [0.717, 1.165) is 12.8 Å². The normalized spacial score (nSPS) is 23.5. The number of nitrogens with one attached hydrogen (secondary N) is 1. The second-order valence-corrected chi connectivity index (χ2v) is 5.18. The average molecular weight is 217 g/mol. The zero-order chi connectivity index (χ0) is 10.5. The van der Waals surface area contributed by atoms with Crippen molar-refractivity contribution >= 4 is 5.91 Å². The van der Waals surface area contributed by atoms with Crippen molar-refractivity contribution in [3.05, 3.63) is 0 Å². The summed E-state index contributed by atoms with van der Waals surface area (Å²) in [5, 5.41) is 3.25. The minimum Gasteiger partial charge on any atom is -1.00 e. The Balaban J connectivity index is 0.00000128. The van der Waals surface area contributed by atoms with E-state index in [9.17, 15) is 4.79 Å². The zero-order valence-corrected chi connectivity index (χ0v) is 10.6. The van der Waals surface area contributed by atoms with Gasteiger partial charge < -0.3 is 6.74 Å². The zero-order valence-electron chi connectivity index (χ0n) is 11.6. The smallest absolute Gasteiger partial charge is 1.00 e. The predicted octanol–water partition coefficient (Wildman–Crippen LogP) is 0.132. The van der Waals surface area contributed by atoms with E-state index in [1.807, 2.05) is 0 Å². The Morgan fingerprint density at radius 2 is 1.38 bits per heavy atom. The first-order valence-corrected chi connectivity index (χ1v) is 6.66. The van der Waals surface area contributed by atoms with Crippen LogP contribution in [0.4, 0.5) is 0 Å². The van der Waals surface area contributed by atoms with Crippen LogP contribution < -0.4 is 24.2 Å². The van der Waals surface area contributed by atoms with Gasteiger partial charge in [0.05, 0.1) is 0 Å². The van der Waals surface area contributed by atoms with E-state index in [1.54, 1.807) is 0 Å². The molecular formula is C13H24LiNO. The summed E-state index contributed by atoms with van der Waals surface area (Å²) in [5.74, 6) is 0.683. The molecule has 2 aliphatic rings. The molecule has 1 amide bonds. The molecule has 0 aromatic carbocycles. The first kappa shape index (κ1) is 14.1. The Labute approximate surface area is 113 Å². The minimum absolute atomic E-state index is 0. The molecule has 0 bridgehead atoms. The van der Waals surface area contributed by atoms with Crippen molar-refractivity contribution in [2.24, 2.45) is 5.92 Å². The van der Waals surface area contributed by atoms with Crippen molar-refractivity contribution in [1.29, 1.82) is 0 Å². The number of hydrogen-bond donors (Lipinski definition) is 1. The third-order valence-electron chi connectivity index (χ3n) is 3.93. The van der Waals surface area contributed by atoms with Crippen LogP contribution in [0.3, 0.4) is 0 Å². The van der Waals surface area contributed by atoms with Gasteiger partial charge >= 0.3 is 18.9 Å². The van der Waals surface area contributed by atoms with Crippen LogP contribution >= 0.6 is 0 Å². The van der Waals surface area contributed by atoms with Crippen molar-refractivity contribution < 1.29 is 25.1 Å². The van der Waals surface area contributed by atoms with Gasteiger partial charge in [-0.25, -0.2) is 0 Å². The van der Waals surface area contributed by atoms with Crippen LogP contribution in [0.15, 0.2) is 0 Å². The molecule has 0 saturated heterocycles. The molecule has 2 saturated carbocycles. The number of carbonyl (C=O) groups is 1. The van der Waals surface area contributed by atoms with E-state index in [4.69, 9.17) is 0 Å². The number of amides is 1. The summed E-state index contributed by atoms with van der Waals surface area (Å²) < 4.78 is 0. The number of carbonyl (C=O) groups excluding carboxylic acids is 1. The van der Waals surface area contributed by atoms with Crippen LogP contribution in [0, 0.1) is 5.92 Å². The van der Waals surface area contributed by atoms with Gasteiger partial charge in [0.1, 0.15) is 0 Å². The Morgan fingerprint density at radius 3 is 1.94 bits per heavy atom. The molecule has 0 heterocycles. The molecule has 1 N–H and O–H groups in total. The van der Waals surface area contributed by atoms with E-state index >= 15 is 0 Å². The molecule has 0 aromatic heterocycles. The van der Waals surface area contributed by atoms with Crippen LogP contribution in [0.2, 0.25) is 0 Å². The Morgan fingerprint density at radius 1 is 0.875 bits per heavy atom. The van der Waals surface area contributed by atoms with Crippen molar-refractivity contribution in [3.8, 4) is 0 Å². The summed E-state index contributed by atoms with van der Waals surface area (Å²) in [6, 6.07) is 0.494. The molecule has 0 unspecified atom stereocenters. The monoisotopic (exact) mass is 217 g/mol. The SMILES string of the molecule is O=C(NC1CCCCC1)C1CCCCC1.[H-].[Li+]. The molecule has 0 aromatic rings. The summed E-state index contributed by atoms with van der Waals surface area (Å²) in [7, 11) is 0. The van der Waals surface area contributed by atoms with E-state index in [0.29, 0.717) is 17.9 Å². The van der Waals surface area contributed by atoms with Gasteiger partial charge in [0.25, 0.3) is 0 Å². The first-order valence-electron chi connectivity index (χ1n) is 6.66. The summed E-state index contributed by atoms with van der Waals surface area (Å²) >= 11 is 0. The molecule has 2 nitrogen and oxygen atoms in total. The molecule has 2 aliphatic carbocycles. The standard InChI is InChI=1S/C13H23NO.Li.H/c15-13(11-7-3-1-4-8-11)14-12-9-5-2-6-10-12;;/h11-12H,1-10H2,(H,14,15);;/q;+1;-1. The number of rotatable bonds is 2. The molecule has 0 aliphatic heterocycles. The molecule has 0 radical (unpaired) electrons. The second-order valence-electron chi connectivity index (χ2n) is 5.18. The van der Waals surface area contributed by atoms with E-state index in [1.165, 1.54) is 51.4 Å². The fraction of sp³-hybridized carbons (Fsp3) is 0.923. The maximum Gasteiger partial charge on any atom is 1.00 e. The van der Waals surface area contributed by atoms with Crippen LogP contribution in [0.5, 0.6) is 0 Å². The van der Waals surface area contributed by atoms with Gasteiger partial charge in [-0.2, -0.15) is 0 Å². The van der Waals surface area contributed by atoms with Crippen molar-refractivity contribution in [1.82, 2.24) is 5.32 Å². The van der Waals surface area contributed by atoms with Gasteiger partial charge in [0.2, 0.25) is 5.91 Å².